The minimum absolute atomic E-state index is 0.336. The van der Waals surface area contributed by atoms with Gasteiger partial charge in [-0.2, -0.15) is 0 Å². The monoisotopic (exact) mass is 290 g/mol. The topological polar surface area (TPSA) is 37.3 Å². The van der Waals surface area contributed by atoms with Crippen molar-refractivity contribution in [1.29, 1.82) is 0 Å². The fraction of sp³-hybridized carbons (Fsp3) is 0.0714. The average Bonchev–Trinajstić information content (AvgIpc) is 2.28. The number of rotatable bonds is 2. The van der Waals surface area contributed by atoms with Crippen molar-refractivity contribution in [2.24, 2.45) is 0 Å². The SMILES string of the molecule is Cc1ccc(-c2cccc(Br)c2)c(C(=O)O)c1. The van der Waals surface area contributed by atoms with Gasteiger partial charge in [0.15, 0.2) is 0 Å². The Morgan fingerprint density at radius 3 is 2.59 bits per heavy atom. The Hall–Kier alpha value is -1.61. The highest BCUT2D eigenvalue weighted by Gasteiger charge is 2.11. The van der Waals surface area contributed by atoms with Crippen LogP contribution in [-0.4, -0.2) is 11.1 Å². The van der Waals surface area contributed by atoms with Crippen molar-refractivity contribution in [3.63, 3.8) is 0 Å². The van der Waals surface area contributed by atoms with Crippen molar-refractivity contribution in [3.05, 3.63) is 58.1 Å². The minimum Gasteiger partial charge on any atom is -0.478 e. The molecule has 0 heterocycles. The van der Waals surface area contributed by atoms with Gasteiger partial charge < -0.3 is 5.11 Å². The minimum atomic E-state index is -0.899. The summed E-state index contributed by atoms with van der Waals surface area (Å²) in [5, 5.41) is 9.21. The van der Waals surface area contributed by atoms with Gasteiger partial charge in [-0.3, -0.25) is 0 Å². The molecule has 0 aliphatic rings. The molecular formula is C14H11BrO2. The summed E-state index contributed by atoms with van der Waals surface area (Å²) in [7, 11) is 0. The molecule has 0 unspecified atom stereocenters. The van der Waals surface area contributed by atoms with Crippen LogP contribution in [0.3, 0.4) is 0 Å². The number of benzene rings is 2. The van der Waals surface area contributed by atoms with Gasteiger partial charge >= 0.3 is 5.97 Å². The number of hydrogen-bond acceptors (Lipinski definition) is 1. The molecule has 0 radical (unpaired) electrons. The van der Waals surface area contributed by atoms with Crippen molar-refractivity contribution >= 4 is 21.9 Å². The van der Waals surface area contributed by atoms with Crippen LogP contribution >= 0.6 is 15.9 Å². The normalized spacial score (nSPS) is 10.2. The Morgan fingerprint density at radius 2 is 1.94 bits per heavy atom. The Kier molecular flexibility index (Phi) is 3.29. The van der Waals surface area contributed by atoms with Crippen molar-refractivity contribution in [3.8, 4) is 11.1 Å². The van der Waals surface area contributed by atoms with Crippen LogP contribution in [0.5, 0.6) is 0 Å². The zero-order valence-corrected chi connectivity index (χ0v) is 10.9. The molecule has 0 spiro atoms. The molecule has 86 valence electrons. The molecule has 2 nitrogen and oxygen atoms in total. The molecule has 0 fully saturated rings. The fourth-order valence-corrected chi connectivity index (χ4v) is 2.14. The number of aromatic carboxylic acids is 1. The number of hydrogen-bond donors (Lipinski definition) is 1. The van der Waals surface area contributed by atoms with Crippen LogP contribution in [-0.2, 0) is 0 Å². The first kappa shape index (κ1) is 11.9. The summed E-state index contributed by atoms with van der Waals surface area (Å²) in [6, 6.07) is 13.1. The third-order valence-electron chi connectivity index (χ3n) is 2.54. The maximum absolute atomic E-state index is 11.2. The van der Waals surface area contributed by atoms with E-state index in [1.807, 2.05) is 43.3 Å². The second-order valence-corrected chi connectivity index (χ2v) is 4.78. The summed E-state index contributed by atoms with van der Waals surface area (Å²) in [5.41, 5.74) is 2.92. The Morgan fingerprint density at radius 1 is 1.18 bits per heavy atom. The van der Waals surface area contributed by atoms with Gasteiger partial charge in [0.25, 0.3) is 0 Å². The maximum atomic E-state index is 11.2. The zero-order chi connectivity index (χ0) is 12.4. The van der Waals surface area contributed by atoms with E-state index < -0.39 is 5.97 Å². The second kappa shape index (κ2) is 4.72. The summed E-state index contributed by atoms with van der Waals surface area (Å²) >= 11 is 3.39. The van der Waals surface area contributed by atoms with Crippen LogP contribution in [0.25, 0.3) is 11.1 Å². The lowest BCUT2D eigenvalue weighted by Gasteiger charge is -2.07. The Labute approximate surface area is 108 Å². The van der Waals surface area contributed by atoms with Crippen LogP contribution in [0.15, 0.2) is 46.9 Å². The lowest BCUT2D eigenvalue weighted by Crippen LogP contribution is -2.00. The average molecular weight is 291 g/mol. The lowest BCUT2D eigenvalue weighted by molar-refractivity contribution is 0.0697. The predicted molar refractivity (Wildman–Crippen MR) is 71.3 cm³/mol. The van der Waals surface area contributed by atoms with E-state index in [2.05, 4.69) is 15.9 Å². The van der Waals surface area contributed by atoms with E-state index in [9.17, 15) is 9.90 Å². The third kappa shape index (κ3) is 2.56. The highest BCUT2D eigenvalue weighted by Crippen LogP contribution is 2.27. The highest BCUT2D eigenvalue weighted by molar-refractivity contribution is 9.10. The third-order valence-corrected chi connectivity index (χ3v) is 3.03. The van der Waals surface area contributed by atoms with Crippen molar-refractivity contribution in [2.75, 3.05) is 0 Å². The van der Waals surface area contributed by atoms with E-state index in [1.165, 1.54) is 0 Å². The molecule has 2 rings (SSSR count). The van der Waals surface area contributed by atoms with Gasteiger partial charge in [0.2, 0.25) is 0 Å². The lowest BCUT2D eigenvalue weighted by atomic mass is 9.98. The second-order valence-electron chi connectivity index (χ2n) is 3.86. The van der Waals surface area contributed by atoms with Gasteiger partial charge in [-0.1, -0.05) is 45.8 Å². The van der Waals surface area contributed by atoms with E-state index in [1.54, 1.807) is 6.07 Å². The molecule has 0 aliphatic heterocycles. The van der Waals surface area contributed by atoms with E-state index in [4.69, 9.17) is 0 Å². The molecule has 17 heavy (non-hydrogen) atoms. The summed E-state index contributed by atoms with van der Waals surface area (Å²) in [6.07, 6.45) is 0. The number of halogens is 1. The van der Waals surface area contributed by atoms with Crippen molar-refractivity contribution < 1.29 is 9.90 Å². The maximum Gasteiger partial charge on any atom is 0.336 e. The molecule has 0 aliphatic carbocycles. The molecule has 2 aromatic rings. The Bertz CT molecular complexity index is 576. The number of carbonyl (C=O) groups is 1. The standard InChI is InChI=1S/C14H11BrO2/c1-9-5-6-12(13(7-9)14(16)17)10-3-2-4-11(15)8-10/h2-8H,1H3,(H,16,17). The zero-order valence-electron chi connectivity index (χ0n) is 9.27. The first-order valence-electron chi connectivity index (χ1n) is 5.18. The van der Waals surface area contributed by atoms with E-state index in [0.717, 1.165) is 21.2 Å². The van der Waals surface area contributed by atoms with E-state index in [-0.39, 0.29) is 0 Å². The summed E-state index contributed by atoms with van der Waals surface area (Å²) in [4.78, 5) is 11.2. The smallest absolute Gasteiger partial charge is 0.336 e. The summed E-state index contributed by atoms with van der Waals surface area (Å²) in [6.45, 7) is 1.89. The molecule has 0 bridgehead atoms. The van der Waals surface area contributed by atoms with Crippen LogP contribution in [0.2, 0.25) is 0 Å². The van der Waals surface area contributed by atoms with Crippen molar-refractivity contribution in [1.82, 2.24) is 0 Å². The van der Waals surface area contributed by atoms with Crippen LogP contribution in [0.1, 0.15) is 15.9 Å². The number of carboxylic acids is 1. The predicted octanol–water partition coefficient (Wildman–Crippen LogP) is 4.12. The number of aryl methyl sites for hydroxylation is 1. The van der Waals surface area contributed by atoms with E-state index >= 15 is 0 Å². The van der Waals surface area contributed by atoms with E-state index in [0.29, 0.717) is 5.56 Å². The van der Waals surface area contributed by atoms with Crippen LogP contribution < -0.4 is 0 Å². The quantitative estimate of drug-likeness (QED) is 0.903. The highest BCUT2D eigenvalue weighted by atomic mass is 79.9. The molecule has 1 N–H and O–H groups in total. The van der Waals surface area contributed by atoms with Gasteiger partial charge in [0.05, 0.1) is 5.56 Å². The summed E-state index contributed by atoms with van der Waals surface area (Å²) in [5.74, 6) is -0.899. The molecule has 0 saturated heterocycles. The molecule has 0 aromatic heterocycles. The molecule has 2 aromatic carbocycles. The van der Waals surface area contributed by atoms with Gasteiger partial charge in [-0.25, -0.2) is 4.79 Å². The molecule has 3 heteroatoms. The molecule has 0 amide bonds. The molecular weight excluding hydrogens is 280 g/mol. The molecule has 0 saturated carbocycles. The largest absolute Gasteiger partial charge is 0.478 e. The fourth-order valence-electron chi connectivity index (χ4n) is 1.74. The van der Waals surface area contributed by atoms with Gasteiger partial charge in [0.1, 0.15) is 0 Å². The van der Waals surface area contributed by atoms with Crippen LogP contribution in [0.4, 0.5) is 0 Å². The Balaban J connectivity index is 2.63. The van der Waals surface area contributed by atoms with Gasteiger partial charge in [0, 0.05) is 4.47 Å². The van der Waals surface area contributed by atoms with Crippen LogP contribution in [0, 0.1) is 6.92 Å². The van der Waals surface area contributed by atoms with Gasteiger partial charge in [-0.05, 0) is 36.2 Å². The van der Waals surface area contributed by atoms with Gasteiger partial charge in [-0.15, -0.1) is 0 Å². The molecule has 0 atom stereocenters. The first-order valence-corrected chi connectivity index (χ1v) is 5.97. The first-order chi connectivity index (χ1) is 8.08. The number of carboxylic acid groups (broad SMARTS) is 1. The van der Waals surface area contributed by atoms with Crippen molar-refractivity contribution in [2.45, 2.75) is 6.92 Å². The summed E-state index contributed by atoms with van der Waals surface area (Å²) < 4.78 is 0.937.